The number of nitrogens with zero attached hydrogens (tertiary/aromatic N) is 3. The van der Waals surface area contributed by atoms with Gasteiger partial charge in [0, 0.05) is 24.5 Å². The van der Waals surface area contributed by atoms with Gasteiger partial charge in [-0.15, -0.1) is 0 Å². The number of aromatic carboxylic acids is 1. The number of carboxylic acid groups (broad SMARTS) is 1. The lowest BCUT2D eigenvalue weighted by molar-refractivity contribution is -0.139. The molecule has 0 spiro atoms. The Bertz CT molecular complexity index is 902. The van der Waals surface area contributed by atoms with Gasteiger partial charge in [-0.05, 0) is 43.5 Å². The summed E-state index contributed by atoms with van der Waals surface area (Å²) in [5.74, 6) is -0.255. The van der Waals surface area contributed by atoms with Crippen molar-refractivity contribution in [1.82, 2.24) is 14.7 Å². The number of hydrogen-bond donors (Lipinski definition) is 1. The minimum atomic E-state index is -0.968. The number of carboxylic acids is 1. The van der Waals surface area contributed by atoms with Crippen molar-refractivity contribution in [2.45, 2.75) is 38.3 Å². The standard InChI is InChI=1S/C19H20ClN3O4/c1-11-15(19(25)26)10-21-23(11)14-4-6-22(7-5-14)18(24)17-9-12-8-13(20)2-3-16(12)27-17/h2-3,8,10,14,17H,4-7,9H2,1H3,(H,25,26). The van der Waals surface area contributed by atoms with Gasteiger partial charge in [-0.1, -0.05) is 11.6 Å². The van der Waals surface area contributed by atoms with Crippen LogP contribution in [0.3, 0.4) is 0 Å². The molecule has 1 amide bonds. The number of hydrogen-bond acceptors (Lipinski definition) is 4. The van der Waals surface area contributed by atoms with Crippen LogP contribution in [0.4, 0.5) is 0 Å². The van der Waals surface area contributed by atoms with Gasteiger partial charge in [-0.2, -0.15) is 5.10 Å². The maximum atomic E-state index is 12.8. The minimum absolute atomic E-state index is 0.0100. The van der Waals surface area contributed by atoms with E-state index in [-0.39, 0.29) is 17.5 Å². The summed E-state index contributed by atoms with van der Waals surface area (Å²) in [6.07, 6.45) is 2.90. The molecule has 0 saturated carbocycles. The summed E-state index contributed by atoms with van der Waals surface area (Å²) in [6.45, 7) is 2.97. The Morgan fingerprint density at radius 2 is 2.04 bits per heavy atom. The van der Waals surface area contributed by atoms with Gasteiger partial charge >= 0.3 is 5.97 Å². The lowest BCUT2D eigenvalue weighted by Gasteiger charge is -2.33. The molecular formula is C19H20ClN3O4. The van der Waals surface area contributed by atoms with Crippen LogP contribution in [0.15, 0.2) is 24.4 Å². The van der Waals surface area contributed by atoms with Crippen LogP contribution in [0.25, 0.3) is 0 Å². The van der Waals surface area contributed by atoms with E-state index in [1.807, 2.05) is 11.0 Å². The lowest BCUT2D eigenvalue weighted by atomic mass is 10.0. The number of halogens is 1. The molecule has 2 aromatic rings. The molecule has 1 atom stereocenters. The number of likely N-dealkylation sites (tertiary alicyclic amines) is 1. The number of carbonyl (C=O) groups excluding carboxylic acids is 1. The van der Waals surface area contributed by atoms with Gasteiger partial charge < -0.3 is 14.7 Å². The Labute approximate surface area is 161 Å². The zero-order valence-electron chi connectivity index (χ0n) is 14.9. The van der Waals surface area contributed by atoms with Gasteiger partial charge in [0.15, 0.2) is 6.10 Å². The molecule has 142 valence electrons. The molecule has 1 N–H and O–H groups in total. The second kappa shape index (κ2) is 6.88. The van der Waals surface area contributed by atoms with Gasteiger partial charge in [0.2, 0.25) is 0 Å². The molecule has 1 aromatic carbocycles. The van der Waals surface area contributed by atoms with Crippen molar-refractivity contribution in [2.75, 3.05) is 13.1 Å². The fourth-order valence-corrected chi connectivity index (χ4v) is 4.09. The molecule has 2 aliphatic heterocycles. The van der Waals surface area contributed by atoms with Crippen LogP contribution >= 0.6 is 11.6 Å². The Kier molecular flexibility index (Phi) is 4.55. The normalized spacial score (nSPS) is 19.6. The summed E-state index contributed by atoms with van der Waals surface area (Å²) < 4.78 is 7.58. The third kappa shape index (κ3) is 3.27. The summed E-state index contributed by atoms with van der Waals surface area (Å²) in [6, 6.07) is 5.51. The van der Waals surface area contributed by atoms with Gasteiger partial charge in [-0.3, -0.25) is 9.48 Å². The van der Waals surface area contributed by atoms with Crippen LogP contribution in [-0.2, 0) is 11.2 Å². The van der Waals surface area contributed by atoms with Crippen molar-refractivity contribution in [3.05, 3.63) is 46.2 Å². The van der Waals surface area contributed by atoms with Crippen LogP contribution in [-0.4, -0.2) is 50.9 Å². The monoisotopic (exact) mass is 389 g/mol. The molecule has 1 fully saturated rings. The molecular weight excluding hydrogens is 370 g/mol. The number of piperidine rings is 1. The number of amides is 1. The maximum Gasteiger partial charge on any atom is 0.339 e. The van der Waals surface area contributed by atoms with Crippen LogP contribution in [0.2, 0.25) is 5.02 Å². The van der Waals surface area contributed by atoms with Crippen LogP contribution in [0.1, 0.15) is 40.5 Å². The average molecular weight is 390 g/mol. The molecule has 0 radical (unpaired) electrons. The Hall–Kier alpha value is -2.54. The van der Waals surface area contributed by atoms with E-state index in [0.717, 1.165) is 24.2 Å². The zero-order valence-corrected chi connectivity index (χ0v) is 15.6. The van der Waals surface area contributed by atoms with Crippen LogP contribution in [0.5, 0.6) is 5.75 Å². The van der Waals surface area contributed by atoms with E-state index < -0.39 is 12.1 Å². The summed E-state index contributed by atoms with van der Waals surface area (Å²) in [4.78, 5) is 25.8. The quantitative estimate of drug-likeness (QED) is 0.872. The van der Waals surface area contributed by atoms with E-state index in [0.29, 0.717) is 30.2 Å². The highest BCUT2D eigenvalue weighted by Gasteiger charge is 2.35. The highest BCUT2D eigenvalue weighted by atomic mass is 35.5. The second-order valence-corrected chi connectivity index (χ2v) is 7.45. The van der Waals surface area contributed by atoms with Crippen molar-refractivity contribution in [3.63, 3.8) is 0 Å². The number of carbonyl (C=O) groups is 2. The molecule has 0 aliphatic carbocycles. The third-order valence-electron chi connectivity index (χ3n) is 5.37. The van der Waals surface area contributed by atoms with E-state index in [9.17, 15) is 14.7 Å². The maximum absolute atomic E-state index is 12.8. The molecule has 4 rings (SSSR count). The van der Waals surface area contributed by atoms with Crippen molar-refractivity contribution in [3.8, 4) is 5.75 Å². The second-order valence-electron chi connectivity index (χ2n) is 7.01. The molecule has 27 heavy (non-hydrogen) atoms. The van der Waals surface area contributed by atoms with Crippen LogP contribution in [0, 0.1) is 6.92 Å². The van der Waals surface area contributed by atoms with E-state index >= 15 is 0 Å². The van der Waals surface area contributed by atoms with E-state index in [1.165, 1.54) is 6.20 Å². The highest BCUT2D eigenvalue weighted by molar-refractivity contribution is 6.30. The van der Waals surface area contributed by atoms with Crippen molar-refractivity contribution in [2.24, 2.45) is 0 Å². The first kappa shape index (κ1) is 17.9. The van der Waals surface area contributed by atoms with Gasteiger partial charge in [0.05, 0.1) is 17.9 Å². The van der Waals surface area contributed by atoms with E-state index in [4.69, 9.17) is 16.3 Å². The predicted octanol–water partition coefficient (Wildman–Crippen LogP) is 2.71. The fraction of sp³-hybridized carbons (Fsp3) is 0.421. The molecule has 8 heteroatoms. The molecule has 1 aromatic heterocycles. The molecule has 7 nitrogen and oxygen atoms in total. The zero-order chi connectivity index (χ0) is 19.1. The summed E-state index contributed by atoms with van der Waals surface area (Å²) in [5.41, 5.74) is 1.84. The lowest BCUT2D eigenvalue weighted by Crippen LogP contribution is -2.45. The summed E-state index contributed by atoms with van der Waals surface area (Å²) in [5, 5.41) is 14.1. The number of benzene rings is 1. The Balaban J connectivity index is 1.38. The van der Waals surface area contributed by atoms with E-state index in [1.54, 1.807) is 23.7 Å². The van der Waals surface area contributed by atoms with Crippen molar-refractivity contribution < 1.29 is 19.4 Å². The highest BCUT2D eigenvalue weighted by Crippen LogP contribution is 2.32. The molecule has 1 unspecified atom stereocenters. The predicted molar refractivity (Wildman–Crippen MR) is 98.3 cm³/mol. The molecule has 0 bridgehead atoms. The van der Waals surface area contributed by atoms with Crippen molar-refractivity contribution in [1.29, 1.82) is 0 Å². The number of fused-ring (bicyclic) bond motifs is 1. The minimum Gasteiger partial charge on any atom is -0.480 e. The fourth-order valence-electron chi connectivity index (χ4n) is 3.89. The van der Waals surface area contributed by atoms with Crippen LogP contribution < -0.4 is 4.74 Å². The Morgan fingerprint density at radius 1 is 1.30 bits per heavy atom. The molecule has 3 heterocycles. The van der Waals surface area contributed by atoms with Gasteiger partial charge in [0.1, 0.15) is 11.3 Å². The number of ether oxygens (including phenoxy) is 1. The third-order valence-corrected chi connectivity index (χ3v) is 5.60. The number of rotatable bonds is 3. The summed E-state index contributed by atoms with van der Waals surface area (Å²) >= 11 is 6.01. The number of aromatic nitrogens is 2. The molecule has 1 saturated heterocycles. The Morgan fingerprint density at radius 3 is 2.70 bits per heavy atom. The first-order valence-electron chi connectivity index (χ1n) is 8.95. The topological polar surface area (TPSA) is 84.7 Å². The first-order valence-corrected chi connectivity index (χ1v) is 9.33. The smallest absolute Gasteiger partial charge is 0.339 e. The SMILES string of the molecule is Cc1c(C(=O)O)cnn1C1CCN(C(=O)C2Cc3cc(Cl)ccc3O2)CC1. The first-order chi connectivity index (χ1) is 12.9. The van der Waals surface area contributed by atoms with Crippen molar-refractivity contribution >= 4 is 23.5 Å². The molecule has 2 aliphatic rings. The van der Waals surface area contributed by atoms with E-state index in [2.05, 4.69) is 5.10 Å². The van der Waals surface area contributed by atoms with Gasteiger partial charge in [-0.25, -0.2) is 4.79 Å². The summed E-state index contributed by atoms with van der Waals surface area (Å²) in [7, 11) is 0. The largest absolute Gasteiger partial charge is 0.480 e. The average Bonchev–Trinajstić information content (AvgIpc) is 3.24. The van der Waals surface area contributed by atoms with Gasteiger partial charge in [0.25, 0.3) is 5.91 Å².